The molecule has 2 aromatic rings. The molecule has 0 bridgehead atoms. The standard InChI is InChI=1S/C17H19N3O/c1-4-10-18-14-8-9-16(19-11-14)17(21)20-15-7-5-6-12(2)13(15)3/h4-9,11,18H,1,10H2,2-3H3,(H,20,21). The van der Waals surface area contributed by atoms with E-state index < -0.39 is 0 Å². The number of nitrogens with one attached hydrogen (secondary N) is 2. The highest BCUT2D eigenvalue weighted by molar-refractivity contribution is 6.03. The first-order valence-corrected chi connectivity index (χ1v) is 6.80. The van der Waals surface area contributed by atoms with Gasteiger partial charge in [0, 0.05) is 12.2 Å². The summed E-state index contributed by atoms with van der Waals surface area (Å²) in [5, 5.41) is 6.01. The number of pyridine rings is 1. The first-order valence-electron chi connectivity index (χ1n) is 6.80. The highest BCUT2D eigenvalue weighted by Crippen LogP contribution is 2.18. The lowest BCUT2D eigenvalue weighted by atomic mass is 10.1. The monoisotopic (exact) mass is 281 g/mol. The Morgan fingerprint density at radius 3 is 2.76 bits per heavy atom. The summed E-state index contributed by atoms with van der Waals surface area (Å²) in [5.41, 5.74) is 4.27. The van der Waals surface area contributed by atoms with E-state index in [4.69, 9.17) is 0 Å². The second-order valence-electron chi connectivity index (χ2n) is 4.80. The first kappa shape index (κ1) is 14.8. The molecule has 2 N–H and O–H groups in total. The molecule has 0 unspecified atom stereocenters. The quantitative estimate of drug-likeness (QED) is 0.824. The van der Waals surface area contributed by atoms with Crippen LogP contribution >= 0.6 is 0 Å². The molecule has 4 nitrogen and oxygen atoms in total. The number of nitrogens with zero attached hydrogens (tertiary/aromatic N) is 1. The fraction of sp³-hybridized carbons (Fsp3) is 0.176. The van der Waals surface area contributed by atoms with E-state index >= 15 is 0 Å². The lowest BCUT2D eigenvalue weighted by Crippen LogP contribution is -2.14. The highest BCUT2D eigenvalue weighted by Gasteiger charge is 2.09. The van der Waals surface area contributed by atoms with Gasteiger partial charge in [-0.2, -0.15) is 0 Å². The van der Waals surface area contributed by atoms with Gasteiger partial charge in [-0.15, -0.1) is 6.58 Å². The molecule has 1 aromatic carbocycles. The summed E-state index contributed by atoms with van der Waals surface area (Å²) < 4.78 is 0. The second-order valence-corrected chi connectivity index (χ2v) is 4.80. The first-order chi connectivity index (χ1) is 10.1. The Balaban J connectivity index is 2.09. The largest absolute Gasteiger partial charge is 0.380 e. The van der Waals surface area contributed by atoms with Crippen LogP contribution < -0.4 is 10.6 Å². The summed E-state index contributed by atoms with van der Waals surface area (Å²) in [6, 6.07) is 9.36. The molecule has 0 atom stereocenters. The summed E-state index contributed by atoms with van der Waals surface area (Å²) in [5.74, 6) is -0.209. The second kappa shape index (κ2) is 6.70. The fourth-order valence-corrected chi connectivity index (χ4v) is 1.90. The van der Waals surface area contributed by atoms with Crippen LogP contribution in [0.3, 0.4) is 0 Å². The minimum atomic E-state index is -0.209. The highest BCUT2D eigenvalue weighted by atomic mass is 16.1. The Labute approximate surface area is 124 Å². The molecule has 0 saturated heterocycles. The van der Waals surface area contributed by atoms with Crippen LogP contribution in [-0.4, -0.2) is 17.4 Å². The zero-order valence-electron chi connectivity index (χ0n) is 12.3. The number of hydrogen-bond donors (Lipinski definition) is 2. The molecule has 1 amide bonds. The van der Waals surface area contributed by atoms with Crippen molar-refractivity contribution in [3.05, 3.63) is 66.0 Å². The molecular formula is C17H19N3O. The molecule has 0 saturated carbocycles. The fourth-order valence-electron chi connectivity index (χ4n) is 1.90. The van der Waals surface area contributed by atoms with Crippen LogP contribution in [0.1, 0.15) is 21.6 Å². The van der Waals surface area contributed by atoms with Crippen LogP contribution in [0.15, 0.2) is 49.2 Å². The molecule has 1 aromatic heterocycles. The van der Waals surface area contributed by atoms with E-state index in [1.165, 1.54) is 0 Å². The van der Waals surface area contributed by atoms with E-state index in [1.54, 1.807) is 18.3 Å². The number of anilines is 2. The minimum Gasteiger partial charge on any atom is -0.380 e. The summed E-state index contributed by atoms with van der Waals surface area (Å²) in [4.78, 5) is 16.4. The van der Waals surface area contributed by atoms with E-state index in [1.807, 2.05) is 38.1 Å². The van der Waals surface area contributed by atoms with Gasteiger partial charge in [0.1, 0.15) is 5.69 Å². The third-order valence-electron chi connectivity index (χ3n) is 3.30. The molecule has 0 aliphatic carbocycles. The predicted octanol–water partition coefficient (Wildman–Crippen LogP) is 3.55. The average molecular weight is 281 g/mol. The topological polar surface area (TPSA) is 54.0 Å². The van der Waals surface area contributed by atoms with Crippen LogP contribution in [0.2, 0.25) is 0 Å². The van der Waals surface area contributed by atoms with Crippen LogP contribution in [0.4, 0.5) is 11.4 Å². The van der Waals surface area contributed by atoms with E-state index in [-0.39, 0.29) is 5.91 Å². The zero-order valence-corrected chi connectivity index (χ0v) is 12.3. The van der Waals surface area contributed by atoms with Crippen molar-refractivity contribution in [3.63, 3.8) is 0 Å². The molecule has 0 spiro atoms. The molecule has 4 heteroatoms. The Kier molecular flexibility index (Phi) is 4.72. The van der Waals surface area contributed by atoms with Crippen LogP contribution in [0, 0.1) is 13.8 Å². The molecule has 0 aliphatic heterocycles. The van der Waals surface area contributed by atoms with Crippen molar-refractivity contribution in [2.45, 2.75) is 13.8 Å². The molecule has 0 fully saturated rings. The smallest absolute Gasteiger partial charge is 0.274 e. The molecule has 21 heavy (non-hydrogen) atoms. The van der Waals surface area contributed by atoms with Gasteiger partial charge in [-0.3, -0.25) is 4.79 Å². The van der Waals surface area contributed by atoms with Gasteiger partial charge in [0.15, 0.2) is 0 Å². The predicted molar refractivity (Wildman–Crippen MR) is 86.8 cm³/mol. The number of aromatic nitrogens is 1. The Hall–Kier alpha value is -2.62. The number of amides is 1. The van der Waals surface area contributed by atoms with Crippen LogP contribution in [0.5, 0.6) is 0 Å². The van der Waals surface area contributed by atoms with Crippen LogP contribution in [0.25, 0.3) is 0 Å². The van der Waals surface area contributed by atoms with Crippen molar-refractivity contribution in [1.29, 1.82) is 0 Å². The number of carbonyl (C=O) groups is 1. The van der Waals surface area contributed by atoms with Gasteiger partial charge in [-0.1, -0.05) is 18.2 Å². The molecule has 2 rings (SSSR count). The number of carbonyl (C=O) groups excluding carboxylic acids is 1. The lowest BCUT2D eigenvalue weighted by molar-refractivity contribution is 0.102. The van der Waals surface area contributed by atoms with Crippen molar-refractivity contribution in [2.24, 2.45) is 0 Å². The number of rotatable bonds is 5. The van der Waals surface area contributed by atoms with Gasteiger partial charge < -0.3 is 10.6 Å². The van der Waals surface area contributed by atoms with Crippen molar-refractivity contribution < 1.29 is 4.79 Å². The van der Waals surface area contributed by atoms with Crippen LogP contribution in [-0.2, 0) is 0 Å². The molecule has 1 heterocycles. The number of aryl methyl sites for hydroxylation is 1. The Bertz CT molecular complexity index is 648. The van der Waals surface area contributed by atoms with E-state index in [9.17, 15) is 4.79 Å². The van der Waals surface area contributed by atoms with Crippen molar-refractivity contribution in [3.8, 4) is 0 Å². The third-order valence-corrected chi connectivity index (χ3v) is 3.30. The lowest BCUT2D eigenvalue weighted by Gasteiger charge is -2.10. The maximum Gasteiger partial charge on any atom is 0.274 e. The van der Waals surface area contributed by atoms with Gasteiger partial charge in [-0.05, 0) is 43.2 Å². The molecule has 108 valence electrons. The van der Waals surface area contributed by atoms with Crippen molar-refractivity contribution >= 4 is 17.3 Å². The Morgan fingerprint density at radius 2 is 2.10 bits per heavy atom. The van der Waals surface area contributed by atoms with E-state index in [0.717, 1.165) is 22.5 Å². The normalized spacial score (nSPS) is 10.0. The third kappa shape index (κ3) is 3.69. The summed E-state index contributed by atoms with van der Waals surface area (Å²) in [6.07, 6.45) is 3.41. The van der Waals surface area contributed by atoms with E-state index in [2.05, 4.69) is 22.2 Å². The van der Waals surface area contributed by atoms with E-state index in [0.29, 0.717) is 12.2 Å². The molecule has 0 radical (unpaired) electrons. The maximum absolute atomic E-state index is 12.2. The molecule has 0 aliphatic rings. The number of benzene rings is 1. The maximum atomic E-state index is 12.2. The SMILES string of the molecule is C=CCNc1ccc(C(=O)Nc2cccc(C)c2C)nc1. The Morgan fingerprint density at radius 1 is 1.29 bits per heavy atom. The summed E-state index contributed by atoms with van der Waals surface area (Å²) in [7, 11) is 0. The zero-order chi connectivity index (χ0) is 15.2. The van der Waals surface area contributed by atoms with Gasteiger partial charge in [0.05, 0.1) is 11.9 Å². The molecular weight excluding hydrogens is 262 g/mol. The van der Waals surface area contributed by atoms with Gasteiger partial charge in [0.2, 0.25) is 0 Å². The minimum absolute atomic E-state index is 0.209. The van der Waals surface area contributed by atoms with Gasteiger partial charge in [-0.25, -0.2) is 4.98 Å². The van der Waals surface area contributed by atoms with Crippen molar-refractivity contribution in [2.75, 3.05) is 17.2 Å². The van der Waals surface area contributed by atoms with Crippen molar-refractivity contribution in [1.82, 2.24) is 4.98 Å². The average Bonchev–Trinajstić information content (AvgIpc) is 2.50. The number of hydrogen-bond acceptors (Lipinski definition) is 3. The van der Waals surface area contributed by atoms with Gasteiger partial charge >= 0.3 is 0 Å². The summed E-state index contributed by atoms with van der Waals surface area (Å²) in [6.45, 7) is 8.30. The summed E-state index contributed by atoms with van der Waals surface area (Å²) >= 11 is 0. The van der Waals surface area contributed by atoms with Gasteiger partial charge in [0.25, 0.3) is 5.91 Å².